The molecule has 0 atom stereocenters. The molecule has 0 bridgehead atoms. The zero-order valence-electron chi connectivity index (χ0n) is 12.4. The lowest BCUT2D eigenvalue weighted by molar-refractivity contribution is -0.144. The fourth-order valence-electron chi connectivity index (χ4n) is 2.16. The third-order valence-corrected chi connectivity index (χ3v) is 3.20. The van der Waals surface area contributed by atoms with Gasteiger partial charge < -0.3 is 10.7 Å². The standard InChI is InChI=1S/C14H12F3N7/c1-2-9-8(3-18)10(11(24-9)12(20)23-6-19)7-4-21-13(22-5-7)14(15,16)17/h4-6,24H,2H2,1H3,(H3,19,20,23). The van der Waals surface area contributed by atoms with Crippen LogP contribution in [-0.2, 0) is 12.6 Å². The van der Waals surface area contributed by atoms with Crippen molar-refractivity contribution in [2.24, 2.45) is 10.7 Å². The normalized spacial score (nSPS) is 12.0. The summed E-state index contributed by atoms with van der Waals surface area (Å²) in [6.07, 6.45) is -1.52. The molecule has 0 spiro atoms. The number of hydrogen-bond acceptors (Lipinski definition) is 4. The van der Waals surface area contributed by atoms with Crippen LogP contribution in [0.5, 0.6) is 0 Å². The van der Waals surface area contributed by atoms with Crippen LogP contribution in [0.3, 0.4) is 0 Å². The maximum atomic E-state index is 12.6. The zero-order valence-corrected chi connectivity index (χ0v) is 12.4. The molecule has 0 amide bonds. The predicted octanol–water partition coefficient (Wildman–Crippen LogP) is 2.24. The fraction of sp³-hybridized carbons (Fsp3) is 0.214. The van der Waals surface area contributed by atoms with Crippen molar-refractivity contribution in [3.05, 3.63) is 35.2 Å². The van der Waals surface area contributed by atoms with E-state index in [0.717, 1.165) is 18.7 Å². The van der Waals surface area contributed by atoms with Gasteiger partial charge in [0.15, 0.2) is 0 Å². The first kappa shape index (κ1) is 17.1. The molecule has 2 aromatic heterocycles. The number of aryl methyl sites for hydroxylation is 1. The second kappa shape index (κ2) is 6.49. The lowest BCUT2D eigenvalue weighted by Gasteiger charge is -2.07. The number of nitriles is 1. The van der Waals surface area contributed by atoms with E-state index in [1.54, 1.807) is 6.92 Å². The molecule has 0 unspecified atom stereocenters. The Kier molecular flexibility index (Phi) is 4.64. The zero-order chi connectivity index (χ0) is 17.9. The maximum absolute atomic E-state index is 12.6. The Balaban J connectivity index is 2.68. The van der Waals surface area contributed by atoms with Gasteiger partial charge in [-0.1, -0.05) is 6.92 Å². The molecule has 0 aliphatic rings. The minimum atomic E-state index is -4.66. The van der Waals surface area contributed by atoms with Crippen molar-refractivity contribution < 1.29 is 13.2 Å². The quantitative estimate of drug-likeness (QED) is 0.584. The highest BCUT2D eigenvalue weighted by molar-refractivity contribution is 6.06. The summed E-state index contributed by atoms with van der Waals surface area (Å²) in [6, 6.07) is 2.00. The monoisotopic (exact) mass is 335 g/mol. The summed E-state index contributed by atoms with van der Waals surface area (Å²) in [5, 5.41) is 16.4. The number of alkyl halides is 3. The minimum absolute atomic E-state index is 0.0731. The lowest BCUT2D eigenvalue weighted by Crippen LogP contribution is -2.15. The van der Waals surface area contributed by atoms with Gasteiger partial charge in [0.1, 0.15) is 18.2 Å². The van der Waals surface area contributed by atoms with E-state index in [9.17, 15) is 18.4 Å². The van der Waals surface area contributed by atoms with Gasteiger partial charge in [-0.25, -0.2) is 15.0 Å². The van der Waals surface area contributed by atoms with Crippen LogP contribution >= 0.6 is 0 Å². The number of rotatable bonds is 4. The Morgan fingerprint density at radius 1 is 1.46 bits per heavy atom. The first-order chi connectivity index (χ1) is 11.3. The van der Waals surface area contributed by atoms with Crippen LogP contribution in [0, 0.1) is 16.7 Å². The molecular weight excluding hydrogens is 323 g/mol. The van der Waals surface area contributed by atoms with E-state index >= 15 is 0 Å². The van der Waals surface area contributed by atoms with Gasteiger partial charge in [0, 0.05) is 29.2 Å². The molecule has 10 heteroatoms. The fourth-order valence-corrected chi connectivity index (χ4v) is 2.16. The third-order valence-electron chi connectivity index (χ3n) is 3.20. The SMILES string of the molecule is CCc1[nH]c(/C(N)=N\C=N)c(-c2cnc(C(F)(F)F)nc2)c1C#N. The molecule has 0 radical (unpaired) electrons. The highest BCUT2D eigenvalue weighted by Crippen LogP contribution is 2.31. The van der Waals surface area contributed by atoms with Crippen LogP contribution in [0.15, 0.2) is 17.4 Å². The summed E-state index contributed by atoms with van der Waals surface area (Å²) in [6.45, 7) is 1.80. The molecule has 2 heterocycles. The Hall–Kier alpha value is -3.22. The van der Waals surface area contributed by atoms with Crippen molar-refractivity contribution in [2.45, 2.75) is 19.5 Å². The van der Waals surface area contributed by atoms with E-state index in [1.165, 1.54) is 0 Å². The molecular formula is C14H12F3N7. The maximum Gasteiger partial charge on any atom is 0.451 e. The van der Waals surface area contributed by atoms with Gasteiger partial charge in [-0.05, 0) is 6.42 Å². The molecule has 7 nitrogen and oxygen atoms in total. The molecule has 2 rings (SSSR count). The Bertz CT molecular complexity index is 826. The van der Waals surface area contributed by atoms with Crippen LogP contribution < -0.4 is 5.73 Å². The van der Waals surface area contributed by atoms with Gasteiger partial charge in [0.25, 0.3) is 0 Å². The molecule has 24 heavy (non-hydrogen) atoms. The van der Waals surface area contributed by atoms with Gasteiger partial charge in [-0.3, -0.25) is 5.41 Å². The highest BCUT2D eigenvalue weighted by Gasteiger charge is 2.34. The van der Waals surface area contributed by atoms with E-state index in [2.05, 4.69) is 19.9 Å². The van der Waals surface area contributed by atoms with Crippen molar-refractivity contribution in [1.82, 2.24) is 15.0 Å². The topological polar surface area (TPSA) is 128 Å². The highest BCUT2D eigenvalue weighted by atomic mass is 19.4. The Morgan fingerprint density at radius 3 is 2.54 bits per heavy atom. The summed E-state index contributed by atoms with van der Waals surface area (Å²) in [5.41, 5.74) is 7.22. The largest absolute Gasteiger partial charge is 0.451 e. The van der Waals surface area contributed by atoms with Crippen LogP contribution in [0.1, 0.15) is 29.7 Å². The molecule has 0 aliphatic heterocycles. The van der Waals surface area contributed by atoms with Gasteiger partial charge in [0.2, 0.25) is 5.82 Å². The van der Waals surface area contributed by atoms with Crippen LogP contribution in [0.25, 0.3) is 11.1 Å². The smallest absolute Gasteiger partial charge is 0.382 e. The number of nitrogens with zero attached hydrogens (tertiary/aromatic N) is 4. The first-order valence-electron chi connectivity index (χ1n) is 6.70. The number of aromatic nitrogens is 3. The van der Waals surface area contributed by atoms with E-state index < -0.39 is 12.0 Å². The van der Waals surface area contributed by atoms with Crippen LogP contribution in [0.4, 0.5) is 13.2 Å². The number of nitrogens with two attached hydrogens (primary N) is 1. The molecule has 4 N–H and O–H groups in total. The molecule has 2 aromatic rings. The number of aromatic amines is 1. The number of hydrogen-bond donors (Lipinski definition) is 3. The first-order valence-corrected chi connectivity index (χ1v) is 6.70. The van der Waals surface area contributed by atoms with Crippen LogP contribution in [-0.4, -0.2) is 27.1 Å². The van der Waals surface area contributed by atoms with E-state index in [4.69, 9.17) is 11.1 Å². The molecule has 0 saturated heterocycles. The Labute approximate surface area is 134 Å². The molecule has 0 aromatic carbocycles. The number of halogens is 3. The van der Waals surface area contributed by atoms with E-state index in [-0.39, 0.29) is 28.2 Å². The number of H-pyrrole nitrogens is 1. The average Bonchev–Trinajstić information content (AvgIpc) is 2.93. The summed E-state index contributed by atoms with van der Waals surface area (Å²) in [5.74, 6) is -1.35. The summed E-state index contributed by atoms with van der Waals surface area (Å²) in [7, 11) is 0. The van der Waals surface area contributed by atoms with Gasteiger partial charge in [-0.15, -0.1) is 0 Å². The predicted molar refractivity (Wildman–Crippen MR) is 80.4 cm³/mol. The number of aliphatic imine (C=N–C) groups is 1. The van der Waals surface area contributed by atoms with Crippen molar-refractivity contribution in [3.63, 3.8) is 0 Å². The Morgan fingerprint density at radius 2 is 2.08 bits per heavy atom. The molecule has 0 saturated carbocycles. The van der Waals surface area contributed by atoms with Gasteiger partial charge in [-0.2, -0.15) is 18.4 Å². The van der Waals surface area contributed by atoms with Crippen molar-refractivity contribution in [1.29, 1.82) is 10.7 Å². The summed E-state index contributed by atoms with van der Waals surface area (Å²) in [4.78, 5) is 13.2. The second-order valence-corrected chi connectivity index (χ2v) is 4.63. The van der Waals surface area contributed by atoms with E-state index in [0.29, 0.717) is 12.1 Å². The van der Waals surface area contributed by atoms with Crippen LogP contribution in [0.2, 0.25) is 0 Å². The second-order valence-electron chi connectivity index (χ2n) is 4.63. The number of amidine groups is 1. The van der Waals surface area contributed by atoms with E-state index in [1.807, 2.05) is 6.07 Å². The average molecular weight is 335 g/mol. The molecule has 0 aliphatic carbocycles. The molecule has 124 valence electrons. The lowest BCUT2D eigenvalue weighted by atomic mass is 10.0. The van der Waals surface area contributed by atoms with Crippen molar-refractivity contribution in [3.8, 4) is 17.2 Å². The van der Waals surface area contributed by atoms with Gasteiger partial charge in [0.05, 0.1) is 11.3 Å². The van der Waals surface area contributed by atoms with Crippen molar-refractivity contribution in [2.75, 3.05) is 0 Å². The minimum Gasteiger partial charge on any atom is -0.382 e. The summed E-state index contributed by atoms with van der Waals surface area (Å²) >= 11 is 0. The van der Waals surface area contributed by atoms with Gasteiger partial charge >= 0.3 is 6.18 Å². The van der Waals surface area contributed by atoms with Crippen molar-refractivity contribution >= 4 is 12.2 Å². The third kappa shape index (κ3) is 3.10. The number of nitrogens with one attached hydrogen (secondary N) is 2. The molecule has 0 fully saturated rings. The summed E-state index contributed by atoms with van der Waals surface area (Å²) < 4.78 is 37.8.